The van der Waals surface area contributed by atoms with E-state index in [1.165, 1.54) is 12.4 Å². The first kappa shape index (κ1) is 11.1. The largest absolute Gasteiger partial charge is 0.367 e. The van der Waals surface area contributed by atoms with E-state index >= 15 is 0 Å². The summed E-state index contributed by atoms with van der Waals surface area (Å²) in [6.45, 7) is 4.20. The minimum Gasteiger partial charge on any atom is -0.367 e. The van der Waals surface area contributed by atoms with Gasteiger partial charge in [-0.15, -0.1) is 0 Å². The lowest BCUT2D eigenvalue weighted by atomic mass is 10.4. The van der Waals surface area contributed by atoms with Gasteiger partial charge in [-0.05, 0) is 12.7 Å². The molecule has 0 aliphatic carbocycles. The van der Waals surface area contributed by atoms with Gasteiger partial charge in [0.1, 0.15) is 5.82 Å². The standard InChI is InChI=1S/C9H15N3OS/c1-3-14-5-7(2)12-8-4-9(13)11-6-10-8/h4,6-7H,3,5H2,1-2H3,(H2,10,11,12,13). The van der Waals surface area contributed by atoms with Gasteiger partial charge in [0.25, 0.3) is 5.56 Å². The Labute approximate surface area is 87.5 Å². The Morgan fingerprint density at radius 1 is 1.71 bits per heavy atom. The van der Waals surface area contributed by atoms with Gasteiger partial charge in [-0.3, -0.25) is 4.79 Å². The number of thioether (sulfide) groups is 1. The van der Waals surface area contributed by atoms with E-state index in [2.05, 4.69) is 29.1 Å². The maximum absolute atomic E-state index is 10.9. The van der Waals surface area contributed by atoms with Crippen LogP contribution in [-0.2, 0) is 0 Å². The van der Waals surface area contributed by atoms with E-state index in [4.69, 9.17) is 0 Å². The van der Waals surface area contributed by atoms with Crippen LogP contribution in [0.2, 0.25) is 0 Å². The summed E-state index contributed by atoms with van der Waals surface area (Å²) in [7, 11) is 0. The van der Waals surface area contributed by atoms with Crippen molar-refractivity contribution in [2.45, 2.75) is 19.9 Å². The number of aromatic nitrogens is 2. The van der Waals surface area contributed by atoms with Crippen molar-refractivity contribution in [2.24, 2.45) is 0 Å². The molecule has 0 bridgehead atoms. The summed E-state index contributed by atoms with van der Waals surface area (Å²) >= 11 is 1.86. The monoisotopic (exact) mass is 213 g/mol. The van der Waals surface area contributed by atoms with Crippen LogP contribution in [0, 0.1) is 0 Å². The predicted octanol–water partition coefficient (Wildman–Crippen LogP) is 1.32. The van der Waals surface area contributed by atoms with Gasteiger partial charge < -0.3 is 10.3 Å². The van der Waals surface area contributed by atoms with Gasteiger partial charge in [-0.25, -0.2) is 4.98 Å². The Morgan fingerprint density at radius 2 is 2.50 bits per heavy atom. The minimum absolute atomic E-state index is 0.127. The molecule has 1 atom stereocenters. The number of anilines is 1. The van der Waals surface area contributed by atoms with Crippen LogP contribution in [0.4, 0.5) is 5.82 Å². The fourth-order valence-electron chi connectivity index (χ4n) is 1.04. The summed E-state index contributed by atoms with van der Waals surface area (Å²) in [5.74, 6) is 2.76. The molecule has 0 fully saturated rings. The molecule has 14 heavy (non-hydrogen) atoms. The van der Waals surface area contributed by atoms with E-state index in [1.54, 1.807) is 0 Å². The molecule has 1 heterocycles. The zero-order valence-electron chi connectivity index (χ0n) is 8.41. The molecular formula is C9H15N3OS. The molecule has 0 radical (unpaired) electrons. The van der Waals surface area contributed by atoms with Crippen molar-refractivity contribution in [3.63, 3.8) is 0 Å². The number of H-pyrrole nitrogens is 1. The van der Waals surface area contributed by atoms with Gasteiger partial charge in [0.05, 0.1) is 6.33 Å². The summed E-state index contributed by atoms with van der Waals surface area (Å²) in [5, 5.41) is 3.17. The van der Waals surface area contributed by atoms with Crippen molar-refractivity contribution in [3.8, 4) is 0 Å². The number of nitrogens with one attached hydrogen (secondary N) is 2. The summed E-state index contributed by atoms with van der Waals surface area (Å²) in [5.41, 5.74) is -0.127. The zero-order valence-corrected chi connectivity index (χ0v) is 9.23. The number of rotatable bonds is 5. The Kier molecular flexibility index (Phi) is 4.52. The lowest BCUT2D eigenvalue weighted by Gasteiger charge is -2.12. The van der Waals surface area contributed by atoms with Gasteiger partial charge in [0.15, 0.2) is 0 Å². The highest BCUT2D eigenvalue weighted by Crippen LogP contribution is 2.05. The van der Waals surface area contributed by atoms with Crippen LogP contribution >= 0.6 is 11.8 Å². The Morgan fingerprint density at radius 3 is 3.14 bits per heavy atom. The molecule has 0 aliphatic heterocycles. The van der Waals surface area contributed by atoms with Gasteiger partial charge in [-0.2, -0.15) is 11.8 Å². The second-order valence-electron chi connectivity index (χ2n) is 3.00. The summed E-state index contributed by atoms with van der Waals surface area (Å²) in [6, 6.07) is 1.79. The van der Waals surface area contributed by atoms with Gasteiger partial charge in [0, 0.05) is 17.9 Å². The first-order valence-corrected chi connectivity index (χ1v) is 5.77. The molecule has 0 saturated carbocycles. The van der Waals surface area contributed by atoms with Gasteiger partial charge >= 0.3 is 0 Å². The third-order valence-corrected chi connectivity index (χ3v) is 2.79. The maximum atomic E-state index is 10.9. The Balaban J connectivity index is 2.47. The quantitative estimate of drug-likeness (QED) is 0.774. The van der Waals surface area contributed by atoms with Crippen molar-refractivity contribution >= 4 is 17.6 Å². The number of aromatic amines is 1. The molecule has 1 unspecified atom stereocenters. The van der Waals surface area contributed by atoms with Gasteiger partial charge in [-0.1, -0.05) is 6.92 Å². The first-order chi connectivity index (χ1) is 6.72. The highest BCUT2D eigenvalue weighted by atomic mass is 32.2. The van der Waals surface area contributed by atoms with Crippen molar-refractivity contribution in [1.29, 1.82) is 0 Å². The number of nitrogens with zero attached hydrogens (tertiary/aromatic N) is 1. The minimum atomic E-state index is -0.127. The smallest absolute Gasteiger partial charge is 0.252 e. The summed E-state index contributed by atoms with van der Waals surface area (Å²) in [6.07, 6.45) is 1.41. The predicted molar refractivity (Wildman–Crippen MR) is 60.9 cm³/mol. The molecule has 0 aliphatic rings. The van der Waals surface area contributed by atoms with Gasteiger partial charge in [0.2, 0.25) is 0 Å². The van der Waals surface area contributed by atoms with Crippen LogP contribution in [0.25, 0.3) is 0 Å². The molecule has 4 nitrogen and oxygen atoms in total. The maximum Gasteiger partial charge on any atom is 0.252 e. The van der Waals surface area contributed by atoms with Crippen molar-refractivity contribution < 1.29 is 0 Å². The molecule has 2 N–H and O–H groups in total. The highest BCUT2D eigenvalue weighted by Gasteiger charge is 2.02. The van der Waals surface area contributed by atoms with Crippen molar-refractivity contribution in [2.75, 3.05) is 16.8 Å². The van der Waals surface area contributed by atoms with Crippen molar-refractivity contribution in [3.05, 3.63) is 22.7 Å². The molecule has 1 aromatic heterocycles. The van der Waals surface area contributed by atoms with Crippen LogP contribution in [0.5, 0.6) is 0 Å². The first-order valence-electron chi connectivity index (χ1n) is 4.61. The van der Waals surface area contributed by atoms with Crippen LogP contribution in [0.15, 0.2) is 17.2 Å². The second-order valence-corrected chi connectivity index (χ2v) is 4.32. The van der Waals surface area contributed by atoms with Crippen LogP contribution in [-0.4, -0.2) is 27.5 Å². The summed E-state index contributed by atoms with van der Waals surface area (Å²) in [4.78, 5) is 17.4. The van der Waals surface area contributed by atoms with E-state index in [-0.39, 0.29) is 5.56 Å². The summed E-state index contributed by atoms with van der Waals surface area (Å²) < 4.78 is 0. The Hall–Kier alpha value is -0.970. The molecule has 0 saturated heterocycles. The second kappa shape index (κ2) is 5.70. The third kappa shape index (κ3) is 3.83. The third-order valence-electron chi connectivity index (χ3n) is 1.64. The van der Waals surface area contributed by atoms with Crippen LogP contribution in [0.1, 0.15) is 13.8 Å². The number of hydrogen-bond acceptors (Lipinski definition) is 4. The van der Waals surface area contributed by atoms with Crippen LogP contribution < -0.4 is 10.9 Å². The van der Waals surface area contributed by atoms with E-state index in [9.17, 15) is 4.79 Å². The topological polar surface area (TPSA) is 57.8 Å². The zero-order chi connectivity index (χ0) is 10.4. The lowest BCUT2D eigenvalue weighted by molar-refractivity contribution is 0.896. The van der Waals surface area contributed by atoms with Crippen molar-refractivity contribution in [1.82, 2.24) is 9.97 Å². The molecule has 0 amide bonds. The molecule has 1 aromatic rings. The molecule has 5 heteroatoms. The fraction of sp³-hybridized carbons (Fsp3) is 0.556. The average Bonchev–Trinajstić information content (AvgIpc) is 2.15. The van der Waals surface area contributed by atoms with E-state index in [0.29, 0.717) is 11.9 Å². The number of hydrogen-bond donors (Lipinski definition) is 2. The lowest BCUT2D eigenvalue weighted by Crippen LogP contribution is -2.20. The molecule has 0 aromatic carbocycles. The molecule has 0 spiro atoms. The van der Waals surface area contributed by atoms with E-state index in [1.807, 2.05) is 11.8 Å². The SMILES string of the molecule is CCSCC(C)Nc1cc(=O)[nH]cn1. The van der Waals surface area contributed by atoms with Crippen LogP contribution in [0.3, 0.4) is 0 Å². The molecule has 78 valence electrons. The Bertz CT molecular complexity index is 326. The molecular weight excluding hydrogens is 198 g/mol. The fourth-order valence-corrected chi connectivity index (χ4v) is 1.71. The molecule has 1 rings (SSSR count). The highest BCUT2D eigenvalue weighted by molar-refractivity contribution is 7.99. The average molecular weight is 213 g/mol. The van der Waals surface area contributed by atoms with E-state index in [0.717, 1.165) is 11.5 Å². The normalized spacial score (nSPS) is 12.4. The van der Waals surface area contributed by atoms with E-state index < -0.39 is 0 Å².